The van der Waals surface area contributed by atoms with Crippen molar-refractivity contribution in [2.24, 2.45) is 0 Å². The first-order valence-electron chi connectivity index (χ1n) is 8.85. The van der Waals surface area contributed by atoms with Gasteiger partial charge >= 0.3 is 5.69 Å². The Labute approximate surface area is 190 Å². The Kier molecular flexibility index (Phi) is 5.81. The van der Waals surface area contributed by atoms with Gasteiger partial charge in [0.1, 0.15) is 0 Å². The average Bonchev–Trinajstić information content (AvgIpc) is 2.70. The quantitative estimate of drug-likeness (QED) is 0.338. The predicted molar refractivity (Wildman–Crippen MR) is 126 cm³/mol. The number of hydrogen-bond donors (Lipinski definition) is 0. The molecule has 0 N–H and O–H groups in total. The minimum Gasteiger partial charge on any atom is -0.289 e. The largest absolute Gasteiger partial charge is 0.332 e. The fourth-order valence-corrected chi connectivity index (χ4v) is 4.21. The molecule has 4 aromatic rings. The van der Waals surface area contributed by atoms with Crippen LogP contribution in [0.2, 0.25) is 10.0 Å². The molecule has 0 saturated heterocycles. The van der Waals surface area contributed by atoms with Gasteiger partial charge in [0, 0.05) is 8.59 Å². The SMILES string of the molecule is O=c1c2c(Cl)cc(Cl)cc2n(Cc2ccccc2)c(=O)n1Cc1ccc(I)cc1. The highest BCUT2D eigenvalue weighted by atomic mass is 127. The van der Waals surface area contributed by atoms with Gasteiger partial charge < -0.3 is 0 Å². The van der Waals surface area contributed by atoms with Gasteiger partial charge in [-0.1, -0.05) is 65.7 Å². The zero-order valence-electron chi connectivity index (χ0n) is 15.1. The van der Waals surface area contributed by atoms with E-state index in [1.165, 1.54) is 10.6 Å². The van der Waals surface area contributed by atoms with Crippen LogP contribution in [0.5, 0.6) is 0 Å². The van der Waals surface area contributed by atoms with Gasteiger partial charge in [0.05, 0.1) is 29.0 Å². The van der Waals surface area contributed by atoms with E-state index in [2.05, 4.69) is 22.6 Å². The van der Waals surface area contributed by atoms with Crippen molar-refractivity contribution < 1.29 is 0 Å². The lowest BCUT2D eigenvalue weighted by atomic mass is 10.2. The van der Waals surface area contributed by atoms with Crippen LogP contribution in [-0.4, -0.2) is 9.13 Å². The summed E-state index contributed by atoms with van der Waals surface area (Å²) in [7, 11) is 0. The number of rotatable bonds is 4. The fourth-order valence-electron chi connectivity index (χ4n) is 3.29. The molecular weight excluding hydrogens is 522 g/mol. The van der Waals surface area contributed by atoms with Gasteiger partial charge in [-0.25, -0.2) is 4.79 Å². The molecule has 7 heteroatoms. The Hall–Kier alpha value is -2.09. The van der Waals surface area contributed by atoms with Crippen molar-refractivity contribution in [3.63, 3.8) is 0 Å². The first kappa shape index (κ1) is 20.2. The molecule has 0 amide bonds. The third-order valence-corrected chi connectivity index (χ3v) is 5.92. The van der Waals surface area contributed by atoms with Gasteiger partial charge in [-0.15, -0.1) is 0 Å². The molecule has 29 heavy (non-hydrogen) atoms. The van der Waals surface area contributed by atoms with Gasteiger partial charge in [-0.2, -0.15) is 0 Å². The molecule has 0 atom stereocenters. The summed E-state index contributed by atoms with van der Waals surface area (Å²) in [6.45, 7) is 0.470. The predicted octanol–water partition coefficient (Wildman–Crippen LogP) is 5.17. The lowest BCUT2D eigenvalue weighted by molar-refractivity contribution is 0.635. The standard InChI is InChI=1S/C22H15Cl2IN2O2/c23-16-10-18(24)20-19(11-16)26(12-14-4-2-1-3-5-14)22(29)27(21(20)28)13-15-6-8-17(25)9-7-15/h1-11H,12-13H2. The second-order valence-corrected chi connectivity index (χ2v) is 8.74. The van der Waals surface area contributed by atoms with E-state index in [0.717, 1.165) is 14.7 Å². The van der Waals surface area contributed by atoms with E-state index in [-0.39, 0.29) is 17.0 Å². The van der Waals surface area contributed by atoms with Crippen molar-refractivity contribution in [3.8, 4) is 0 Å². The normalized spacial score (nSPS) is 11.1. The lowest BCUT2D eigenvalue weighted by Crippen LogP contribution is -2.40. The van der Waals surface area contributed by atoms with E-state index in [9.17, 15) is 9.59 Å². The highest BCUT2D eigenvalue weighted by molar-refractivity contribution is 14.1. The number of hydrogen-bond acceptors (Lipinski definition) is 2. The molecule has 0 saturated carbocycles. The van der Waals surface area contributed by atoms with Crippen LogP contribution in [0.15, 0.2) is 76.3 Å². The molecule has 0 aliphatic carbocycles. The fraction of sp³-hybridized carbons (Fsp3) is 0.0909. The smallest absolute Gasteiger partial charge is 0.289 e. The number of benzene rings is 3. The lowest BCUT2D eigenvalue weighted by Gasteiger charge is -2.15. The van der Waals surface area contributed by atoms with E-state index >= 15 is 0 Å². The highest BCUT2D eigenvalue weighted by Crippen LogP contribution is 2.25. The molecule has 0 spiro atoms. The van der Waals surface area contributed by atoms with E-state index in [4.69, 9.17) is 23.2 Å². The van der Waals surface area contributed by atoms with Gasteiger partial charge in [0.25, 0.3) is 5.56 Å². The molecule has 4 rings (SSSR count). The molecule has 0 bridgehead atoms. The molecular formula is C22H15Cl2IN2O2. The van der Waals surface area contributed by atoms with Gasteiger partial charge in [-0.3, -0.25) is 13.9 Å². The van der Waals surface area contributed by atoms with Crippen LogP contribution in [0.4, 0.5) is 0 Å². The number of aromatic nitrogens is 2. The summed E-state index contributed by atoms with van der Waals surface area (Å²) in [6.07, 6.45) is 0. The molecule has 1 aromatic heterocycles. The average molecular weight is 537 g/mol. The number of fused-ring (bicyclic) bond motifs is 1. The molecule has 0 aliphatic rings. The van der Waals surface area contributed by atoms with Crippen molar-refractivity contribution in [1.29, 1.82) is 0 Å². The maximum absolute atomic E-state index is 13.3. The van der Waals surface area contributed by atoms with Crippen molar-refractivity contribution in [1.82, 2.24) is 9.13 Å². The van der Waals surface area contributed by atoms with E-state index in [1.807, 2.05) is 54.6 Å². The van der Waals surface area contributed by atoms with Gasteiger partial charge in [0.15, 0.2) is 0 Å². The van der Waals surface area contributed by atoms with Crippen LogP contribution in [-0.2, 0) is 13.1 Å². The van der Waals surface area contributed by atoms with Crippen LogP contribution >= 0.6 is 45.8 Å². The topological polar surface area (TPSA) is 44.0 Å². The van der Waals surface area contributed by atoms with Crippen LogP contribution in [0, 0.1) is 3.57 Å². The highest BCUT2D eigenvalue weighted by Gasteiger charge is 2.17. The summed E-state index contributed by atoms with van der Waals surface area (Å²) in [6, 6.07) is 20.4. The molecule has 0 aliphatic heterocycles. The van der Waals surface area contributed by atoms with Crippen LogP contribution in [0.1, 0.15) is 11.1 Å². The third-order valence-electron chi connectivity index (χ3n) is 4.68. The van der Waals surface area contributed by atoms with E-state index < -0.39 is 11.2 Å². The molecule has 3 aromatic carbocycles. The third kappa shape index (κ3) is 4.13. The Morgan fingerprint density at radius 2 is 1.41 bits per heavy atom. The maximum atomic E-state index is 13.3. The Balaban J connectivity index is 1.97. The monoisotopic (exact) mass is 536 g/mol. The summed E-state index contributed by atoms with van der Waals surface area (Å²) in [4.78, 5) is 26.5. The summed E-state index contributed by atoms with van der Waals surface area (Å²) in [5.74, 6) is 0. The molecule has 0 unspecified atom stereocenters. The summed E-state index contributed by atoms with van der Waals surface area (Å²) >= 11 is 14.8. The van der Waals surface area contributed by atoms with Crippen molar-refractivity contribution in [2.75, 3.05) is 0 Å². The summed E-state index contributed by atoms with van der Waals surface area (Å²) in [5.41, 5.74) is 1.41. The van der Waals surface area contributed by atoms with E-state index in [0.29, 0.717) is 17.1 Å². The number of nitrogens with zero attached hydrogens (tertiary/aromatic N) is 2. The van der Waals surface area contributed by atoms with Crippen molar-refractivity contribution in [2.45, 2.75) is 13.1 Å². The van der Waals surface area contributed by atoms with Gasteiger partial charge in [0.2, 0.25) is 0 Å². The first-order chi connectivity index (χ1) is 13.9. The molecule has 0 fully saturated rings. The summed E-state index contributed by atoms with van der Waals surface area (Å²) < 4.78 is 3.86. The van der Waals surface area contributed by atoms with Crippen LogP contribution < -0.4 is 11.2 Å². The zero-order valence-corrected chi connectivity index (χ0v) is 18.8. The Bertz CT molecular complexity index is 1310. The molecule has 0 radical (unpaired) electrons. The minimum atomic E-state index is -0.422. The second kappa shape index (κ2) is 8.34. The number of halogens is 3. The minimum absolute atomic E-state index is 0.165. The van der Waals surface area contributed by atoms with Gasteiger partial charge in [-0.05, 0) is 58.0 Å². The first-order valence-corrected chi connectivity index (χ1v) is 10.7. The molecule has 1 heterocycles. The summed E-state index contributed by atoms with van der Waals surface area (Å²) in [5, 5.41) is 0.895. The zero-order chi connectivity index (χ0) is 20.5. The van der Waals surface area contributed by atoms with E-state index in [1.54, 1.807) is 10.6 Å². The second-order valence-electron chi connectivity index (χ2n) is 6.65. The maximum Gasteiger partial charge on any atom is 0.332 e. The molecule has 146 valence electrons. The van der Waals surface area contributed by atoms with Crippen LogP contribution in [0.3, 0.4) is 0 Å². The molecule has 4 nitrogen and oxygen atoms in total. The van der Waals surface area contributed by atoms with Crippen molar-refractivity contribution in [3.05, 3.63) is 112 Å². The Morgan fingerprint density at radius 1 is 0.793 bits per heavy atom. The Morgan fingerprint density at radius 3 is 2.10 bits per heavy atom. The van der Waals surface area contributed by atoms with Crippen molar-refractivity contribution >= 4 is 56.7 Å². The van der Waals surface area contributed by atoms with Crippen LogP contribution in [0.25, 0.3) is 10.9 Å².